The third kappa shape index (κ3) is 7.99. The van der Waals surface area contributed by atoms with E-state index in [1.54, 1.807) is 12.1 Å². The van der Waals surface area contributed by atoms with E-state index in [0.717, 1.165) is 25.7 Å². The van der Waals surface area contributed by atoms with E-state index in [1.807, 2.05) is 0 Å². The van der Waals surface area contributed by atoms with Crippen molar-refractivity contribution in [3.05, 3.63) is 48.0 Å². The second-order valence-electron chi connectivity index (χ2n) is 8.17. The van der Waals surface area contributed by atoms with Gasteiger partial charge in [-0.1, -0.05) is 95.0 Å². The molecule has 0 aliphatic rings. The summed E-state index contributed by atoms with van der Waals surface area (Å²) in [6, 6.07) is 10.2. The maximum atomic E-state index is 12.0. The molecule has 2 N–H and O–H groups in total. The van der Waals surface area contributed by atoms with E-state index < -0.39 is 20.2 Å². The molecule has 0 heterocycles. The van der Waals surface area contributed by atoms with Crippen molar-refractivity contribution in [1.82, 2.24) is 0 Å². The predicted octanol–water partition coefficient (Wildman–Crippen LogP) is 6.31. The van der Waals surface area contributed by atoms with Gasteiger partial charge >= 0.3 is 0 Å². The quantitative estimate of drug-likeness (QED) is 0.241. The van der Waals surface area contributed by atoms with Gasteiger partial charge in [-0.15, -0.1) is 0 Å². The van der Waals surface area contributed by atoms with Gasteiger partial charge in [0.15, 0.2) is 0 Å². The molecule has 32 heavy (non-hydrogen) atoms. The fourth-order valence-corrected chi connectivity index (χ4v) is 5.45. The first-order chi connectivity index (χ1) is 15.2. The van der Waals surface area contributed by atoms with Gasteiger partial charge in [-0.2, -0.15) is 16.8 Å². The van der Waals surface area contributed by atoms with Gasteiger partial charge in [-0.05, 0) is 30.5 Å². The first-order valence-electron chi connectivity index (χ1n) is 11.3. The second kappa shape index (κ2) is 12.5. The summed E-state index contributed by atoms with van der Waals surface area (Å²) in [5, 5.41) is 0. The summed E-state index contributed by atoms with van der Waals surface area (Å²) in [4.78, 5) is -0.751. The van der Waals surface area contributed by atoms with Crippen molar-refractivity contribution in [2.75, 3.05) is 0 Å². The van der Waals surface area contributed by atoms with Crippen LogP contribution in [0.5, 0.6) is 0 Å². The monoisotopic (exact) mass is 482 g/mol. The lowest BCUT2D eigenvalue weighted by Crippen LogP contribution is -2.07. The van der Waals surface area contributed by atoms with E-state index in [0.29, 0.717) is 12.0 Å². The smallest absolute Gasteiger partial charge is 0.282 e. The van der Waals surface area contributed by atoms with Gasteiger partial charge in [0.25, 0.3) is 20.2 Å². The van der Waals surface area contributed by atoms with Crippen LogP contribution in [0.25, 0.3) is 11.1 Å². The Hall–Kier alpha value is -1.74. The lowest BCUT2D eigenvalue weighted by atomic mass is 9.95. The zero-order valence-electron chi connectivity index (χ0n) is 18.7. The highest BCUT2D eigenvalue weighted by Gasteiger charge is 2.24. The van der Waals surface area contributed by atoms with E-state index in [9.17, 15) is 25.9 Å². The maximum absolute atomic E-state index is 12.0. The largest absolute Gasteiger partial charge is 0.295 e. The Morgan fingerprint density at radius 2 is 1.12 bits per heavy atom. The van der Waals surface area contributed by atoms with Crippen LogP contribution in [0.15, 0.2) is 52.3 Å². The van der Waals surface area contributed by atoms with Crippen molar-refractivity contribution in [2.45, 2.75) is 87.3 Å². The average molecular weight is 483 g/mol. The van der Waals surface area contributed by atoms with Crippen LogP contribution < -0.4 is 0 Å². The highest BCUT2D eigenvalue weighted by atomic mass is 32.2. The predicted molar refractivity (Wildman–Crippen MR) is 127 cm³/mol. The van der Waals surface area contributed by atoms with Gasteiger partial charge < -0.3 is 0 Å². The summed E-state index contributed by atoms with van der Waals surface area (Å²) in [5.74, 6) is 0. The molecule has 0 fully saturated rings. The van der Waals surface area contributed by atoms with Crippen molar-refractivity contribution in [2.24, 2.45) is 0 Å². The molecule has 0 amide bonds. The van der Waals surface area contributed by atoms with Crippen LogP contribution in [0.3, 0.4) is 0 Å². The molecule has 178 valence electrons. The second-order valence-corrected chi connectivity index (χ2v) is 10.9. The molecular weight excluding hydrogens is 448 g/mol. The number of hydrogen-bond acceptors (Lipinski definition) is 4. The van der Waals surface area contributed by atoms with E-state index in [4.69, 9.17) is 0 Å². The summed E-state index contributed by atoms with van der Waals surface area (Å²) in [7, 11) is -9.18. The lowest BCUT2D eigenvalue weighted by Gasteiger charge is -2.16. The molecule has 0 aliphatic carbocycles. The molecular formula is C24H34O6S2. The summed E-state index contributed by atoms with van der Waals surface area (Å²) >= 11 is 0. The Morgan fingerprint density at radius 3 is 1.69 bits per heavy atom. The van der Waals surface area contributed by atoms with Crippen LogP contribution in [-0.2, 0) is 26.7 Å². The Kier molecular flexibility index (Phi) is 10.3. The Morgan fingerprint density at radius 1 is 0.625 bits per heavy atom. The van der Waals surface area contributed by atoms with Gasteiger partial charge in [0.1, 0.15) is 9.79 Å². The van der Waals surface area contributed by atoms with Crippen LogP contribution in [-0.4, -0.2) is 25.9 Å². The molecule has 0 saturated heterocycles. The lowest BCUT2D eigenvalue weighted by molar-refractivity contribution is 0.480. The Bertz CT molecular complexity index is 1080. The zero-order valence-corrected chi connectivity index (χ0v) is 20.3. The minimum absolute atomic E-state index is 0.0605. The molecule has 0 saturated carbocycles. The standard InChI is InChI=1S/C24H34O6S2/c1-2-3-4-5-6-7-8-9-10-11-15-20-16-14-19-23(32(28,29)30)24(20)21-17-12-13-18-22(21)31(25,26)27/h12-14,16-19H,2-11,15H2,1H3,(H,25,26,27)(H,28,29,30). The summed E-state index contributed by atoms with van der Waals surface area (Å²) in [6.45, 7) is 2.21. The first-order valence-corrected chi connectivity index (χ1v) is 14.2. The minimum atomic E-state index is -4.60. The topological polar surface area (TPSA) is 109 Å². The van der Waals surface area contributed by atoms with Crippen molar-refractivity contribution < 1.29 is 25.9 Å². The van der Waals surface area contributed by atoms with E-state index >= 15 is 0 Å². The van der Waals surface area contributed by atoms with Crippen LogP contribution in [0, 0.1) is 0 Å². The van der Waals surface area contributed by atoms with Gasteiger partial charge in [0, 0.05) is 11.1 Å². The van der Waals surface area contributed by atoms with E-state index in [1.165, 1.54) is 68.9 Å². The molecule has 2 rings (SSSR count). The Balaban J connectivity index is 2.15. The molecule has 0 atom stereocenters. The van der Waals surface area contributed by atoms with Crippen LogP contribution in [0.2, 0.25) is 0 Å². The first kappa shape index (κ1) is 26.5. The third-order valence-electron chi connectivity index (χ3n) is 5.62. The Labute approximate surface area is 192 Å². The molecule has 0 bridgehead atoms. The van der Waals surface area contributed by atoms with Gasteiger partial charge in [0.2, 0.25) is 0 Å². The van der Waals surface area contributed by atoms with Gasteiger partial charge in [-0.3, -0.25) is 9.11 Å². The van der Waals surface area contributed by atoms with E-state index in [-0.39, 0.29) is 20.9 Å². The molecule has 0 aliphatic heterocycles. The fourth-order valence-electron chi connectivity index (χ4n) is 4.01. The molecule has 8 heteroatoms. The fraction of sp³-hybridized carbons (Fsp3) is 0.500. The van der Waals surface area contributed by atoms with E-state index in [2.05, 4.69) is 6.92 Å². The van der Waals surface area contributed by atoms with Crippen molar-refractivity contribution in [3.63, 3.8) is 0 Å². The van der Waals surface area contributed by atoms with Crippen molar-refractivity contribution in [3.8, 4) is 11.1 Å². The number of rotatable bonds is 14. The zero-order chi connectivity index (χ0) is 23.6. The molecule has 0 radical (unpaired) electrons. The molecule has 0 spiro atoms. The maximum Gasteiger partial charge on any atom is 0.295 e. The van der Waals surface area contributed by atoms with Gasteiger partial charge in [-0.25, -0.2) is 0 Å². The number of benzene rings is 2. The molecule has 2 aromatic rings. The van der Waals surface area contributed by atoms with Gasteiger partial charge in [0.05, 0.1) is 0 Å². The number of unbranched alkanes of at least 4 members (excludes halogenated alkanes) is 9. The molecule has 6 nitrogen and oxygen atoms in total. The molecule has 2 aromatic carbocycles. The normalized spacial score (nSPS) is 12.2. The highest BCUT2D eigenvalue weighted by Crippen LogP contribution is 2.36. The molecule has 0 aromatic heterocycles. The summed E-state index contributed by atoms with van der Waals surface area (Å²) in [6.07, 6.45) is 12.2. The van der Waals surface area contributed by atoms with Crippen LogP contribution in [0.4, 0.5) is 0 Å². The number of aryl methyl sites for hydroxylation is 1. The minimum Gasteiger partial charge on any atom is -0.282 e. The average Bonchev–Trinajstić information content (AvgIpc) is 2.73. The molecule has 0 unspecified atom stereocenters. The van der Waals surface area contributed by atoms with Crippen LogP contribution >= 0.6 is 0 Å². The third-order valence-corrected chi connectivity index (χ3v) is 7.43. The number of hydrogen-bond donors (Lipinski definition) is 2. The summed E-state index contributed by atoms with van der Waals surface area (Å²) < 4.78 is 67.2. The summed E-state index contributed by atoms with van der Waals surface area (Å²) in [5.41, 5.74) is 0.806. The van der Waals surface area contributed by atoms with Crippen LogP contribution in [0.1, 0.15) is 76.7 Å². The highest BCUT2D eigenvalue weighted by molar-refractivity contribution is 7.86. The SMILES string of the molecule is CCCCCCCCCCCCc1cccc(S(=O)(=O)O)c1-c1ccccc1S(=O)(=O)O. The van der Waals surface area contributed by atoms with Crippen molar-refractivity contribution >= 4 is 20.2 Å². The van der Waals surface area contributed by atoms with Crippen molar-refractivity contribution in [1.29, 1.82) is 0 Å².